The lowest BCUT2D eigenvalue weighted by molar-refractivity contribution is -0.190. The molecule has 0 saturated heterocycles. The lowest BCUT2D eigenvalue weighted by atomic mass is 9.43. The summed E-state index contributed by atoms with van der Waals surface area (Å²) in [7, 11) is 1.41. The number of hydrogen-bond donors (Lipinski definition) is 0. The fourth-order valence-corrected chi connectivity index (χ4v) is 8.63. The van der Waals surface area contributed by atoms with Gasteiger partial charge in [0, 0.05) is 43.9 Å². The summed E-state index contributed by atoms with van der Waals surface area (Å²) < 4.78 is 10.8. The van der Waals surface area contributed by atoms with Gasteiger partial charge in [0.05, 0.1) is 7.11 Å². The van der Waals surface area contributed by atoms with E-state index in [4.69, 9.17) is 9.47 Å². The Labute approximate surface area is 197 Å². The minimum Gasteiger partial charge on any atom is -0.469 e. The summed E-state index contributed by atoms with van der Waals surface area (Å²) in [4.78, 5) is 50.0. The normalized spacial score (nSPS) is 43.2. The van der Waals surface area contributed by atoms with E-state index in [1.807, 2.05) is 0 Å². The number of hydrogen-bond acceptors (Lipinski definition) is 6. The van der Waals surface area contributed by atoms with Crippen molar-refractivity contribution in [2.24, 2.45) is 46.3 Å². The van der Waals surface area contributed by atoms with Gasteiger partial charge in [0.15, 0.2) is 0 Å². The van der Waals surface area contributed by atoms with Crippen LogP contribution in [0.25, 0.3) is 0 Å². The van der Waals surface area contributed by atoms with Gasteiger partial charge in [-0.2, -0.15) is 0 Å². The minimum absolute atomic E-state index is 0.0548. The molecule has 6 heteroatoms. The third-order valence-corrected chi connectivity index (χ3v) is 10.4. The van der Waals surface area contributed by atoms with Gasteiger partial charge < -0.3 is 9.47 Å². The second-order valence-corrected chi connectivity index (χ2v) is 11.8. The molecule has 0 aromatic carbocycles. The van der Waals surface area contributed by atoms with Gasteiger partial charge in [0.25, 0.3) is 0 Å². The van der Waals surface area contributed by atoms with Crippen LogP contribution >= 0.6 is 0 Å². The molecule has 4 aliphatic rings. The van der Waals surface area contributed by atoms with Crippen LogP contribution in [0.5, 0.6) is 0 Å². The molecule has 0 amide bonds. The molecule has 33 heavy (non-hydrogen) atoms. The van der Waals surface area contributed by atoms with Crippen molar-refractivity contribution < 1.29 is 28.7 Å². The quantitative estimate of drug-likeness (QED) is 0.561. The van der Waals surface area contributed by atoms with Crippen LogP contribution in [0.1, 0.15) is 85.5 Å². The average molecular weight is 461 g/mol. The Balaban J connectivity index is 1.65. The maximum atomic E-state index is 13.9. The lowest BCUT2D eigenvalue weighted by Gasteiger charge is -2.61. The minimum atomic E-state index is -0.456. The molecule has 4 saturated carbocycles. The molecule has 0 aromatic rings. The van der Waals surface area contributed by atoms with Gasteiger partial charge in [0.2, 0.25) is 0 Å². The molecular weight excluding hydrogens is 420 g/mol. The Morgan fingerprint density at radius 2 is 1.85 bits per heavy atom. The molecule has 0 unspecified atom stereocenters. The molecule has 4 fully saturated rings. The van der Waals surface area contributed by atoms with Crippen molar-refractivity contribution in [1.82, 2.24) is 0 Å². The maximum absolute atomic E-state index is 13.9. The van der Waals surface area contributed by atoms with E-state index in [0.717, 1.165) is 32.1 Å². The number of Topliss-reactive ketones (excluding diaryl/α,β-unsaturated/α-hetero) is 2. The molecule has 0 radical (unpaired) electrons. The molecule has 6 nitrogen and oxygen atoms in total. The van der Waals surface area contributed by atoms with E-state index in [1.54, 1.807) is 0 Å². The number of ketones is 2. The third kappa shape index (κ3) is 3.95. The van der Waals surface area contributed by atoms with E-state index >= 15 is 0 Å². The van der Waals surface area contributed by atoms with Crippen LogP contribution < -0.4 is 0 Å². The van der Waals surface area contributed by atoms with Gasteiger partial charge in [-0.1, -0.05) is 20.8 Å². The van der Waals surface area contributed by atoms with E-state index < -0.39 is 5.41 Å². The maximum Gasteiger partial charge on any atom is 0.305 e. The molecule has 0 aliphatic heterocycles. The van der Waals surface area contributed by atoms with Crippen LogP contribution in [0, 0.1) is 46.3 Å². The first kappa shape index (κ1) is 24.4. The fraction of sp³-hybridized carbons (Fsp3) is 0.852. The molecule has 0 N–H and O–H groups in total. The molecule has 0 bridgehead atoms. The standard InChI is InChI=1S/C27H40O6/c1-15(6-9-24(31)32-5)19-7-8-20-25-21(14-23(30)27(19,20)4)26(3)11-10-18(29)12-17(26)13-22(25)33-16(2)28/h15,17,19-22,25H,6-14H2,1-5H3/t15-,17+,19+,20-,21-,22-,25-,26-,27+/m0/s1. The number of fused-ring (bicyclic) bond motifs is 5. The van der Waals surface area contributed by atoms with Crippen molar-refractivity contribution in [2.75, 3.05) is 7.11 Å². The van der Waals surface area contributed by atoms with Crippen LogP contribution in [0.3, 0.4) is 0 Å². The SMILES string of the molecule is COC(=O)CC[C@H](C)[C@H]1CC[C@H]2[C@@H]3[C@@H](OC(C)=O)C[C@H]4CC(=O)CC[C@]4(C)[C@H]3CC(=O)[C@]12C. The monoisotopic (exact) mass is 460 g/mol. The summed E-state index contributed by atoms with van der Waals surface area (Å²) >= 11 is 0. The van der Waals surface area contributed by atoms with Crippen molar-refractivity contribution in [1.29, 1.82) is 0 Å². The van der Waals surface area contributed by atoms with E-state index in [1.165, 1.54) is 14.0 Å². The highest BCUT2D eigenvalue weighted by Crippen LogP contribution is 2.67. The molecule has 0 heterocycles. The van der Waals surface area contributed by atoms with E-state index in [9.17, 15) is 19.2 Å². The van der Waals surface area contributed by atoms with Crippen LogP contribution in [0.4, 0.5) is 0 Å². The van der Waals surface area contributed by atoms with Crippen molar-refractivity contribution >= 4 is 23.5 Å². The van der Waals surface area contributed by atoms with Gasteiger partial charge in [-0.15, -0.1) is 0 Å². The van der Waals surface area contributed by atoms with Crippen LogP contribution in [-0.4, -0.2) is 36.7 Å². The Kier molecular flexibility index (Phi) is 6.52. The summed E-state index contributed by atoms with van der Waals surface area (Å²) in [5, 5.41) is 0. The van der Waals surface area contributed by atoms with Gasteiger partial charge in [-0.25, -0.2) is 0 Å². The van der Waals surface area contributed by atoms with Gasteiger partial charge >= 0.3 is 11.9 Å². The predicted octanol–water partition coefficient (Wildman–Crippen LogP) is 4.52. The number of esters is 2. The smallest absolute Gasteiger partial charge is 0.305 e. The molecule has 184 valence electrons. The van der Waals surface area contributed by atoms with E-state index in [-0.39, 0.29) is 59.0 Å². The molecule has 9 atom stereocenters. The zero-order valence-corrected chi connectivity index (χ0v) is 20.9. The molecule has 0 aromatic heterocycles. The Morgan fingerprint density at radius 1 is 1.12 bits per heavy atom. The highest BCUT2D eigenvalue weighted by molar-refractivity contribution is 5.87. The van der Waals surface area contributed by atoms with Crippen LogP contribution in [0.2, 0.25) is 0 Å². The Hall–Kier alpha value is -1.72. The van der Waals surface area contributed by atoms with E-state index in [0.29, 0.717) is 37.2 Å². The second kappa shape index (κ2) is 8.81. The zero-order valence-electron chi connectivity index (χ0n) is 20.9. The molecule has 4 rings (SSSR count). The number of carbonyl (C=O) groups excluding carboxylic acids is 4. The Morgan fingerprint density at radius 3 is 2.52 bits per heavy atom. The second-order valence-electron chi connectivity index (χ2n) is 11.8. The van der Waals surface area contributed by atoms with Crippen molar-refractivity contribution in [3.63, 3.8) is 0 Å². The first-order chi connectivity index (χ1) is 15.5. The van der Waals surface area contributed by atoms with Gasteiger partial charge in [-0.3, -0.25) is 19.2 Å². The van der Waals surface area contributed by atoms with E-state index in [2.05, 4.69) is 20.8 Å². The van der Waals surface area contributed by atoms with Gasteiger partial charge in [0.1, 0.15) is 17.7 Å². The highest BCUT2D eigenvalue weighted by Gasteiger charge is 2.66. The first-order valence-electron chi connectivity index (χ1n) is 12.8. The number of ether oxygens (including phenoxy) is 2. The summed E-state index contributed by atoms with van der Waals surface area (Å²) in [5.74, 6) is 1.28. The van der Waals surface area contributed by atoms with Crippen molar-refractivity contribution in [3.8, 4) is 0 Å². The molecule has 0 spiro atoms. The number of rotatable bonds is 5. The topological polar surface area (TPSA) is 86.7 Å². The number of carbonyl (C=O) groups is 4. The van der Waals surface area contributed by atoms with Gasteiger partial charge in [-0.05, 0) is 67.1 Å². The molecular formula is C27H40O6. The summed E-state index contributed by atoms with van der Waals surface area (Å²) in [6, 6.07) is 0. The predicted molar refractivity (Wildman–Crippen MR) is 122 cm³/mol. The van der Waals surface area contributed by atoms with Crippen LogP contribution in [-0.2, 0) is 28.7 Å². The third-order valence-electron chi connectivity index (χ3n) is 10.4. The summed E-state index contributed by atoms with van der Waals surface area (Å²) in [5.41, 5.74) is -0.510. The zero-order chi connectivity index (χ0) is 24.1. The largest absolute Gasteiger partial charge is 0.469 e. The summed E-state index contributed by atoms with van der Waals surface area (Å²) in [6.45, 7) is 8.06. The average Bonchev–Trinajstić information content (AvgIpc) is 3.11. The van der Waals surface area contributed by atoms with Crippen molar-refractivity contribution in [2.45, 2.75) is 91.6 Å². The lowest BCUT2D eigenvalue weighted by Crippen LogP contribution is -2.61. The van der Waals surface area contributed by atoms with Crippen molar-refractivity contribution in [3.05, 3.63) is 0 Å². The number of methoxy groups -OCH3 is 1. The molecule has 4 aliphatic carbocycles. The van der Waals surface area contributed by atoms with Crippen LogP contribution in [0.15, 0.2) is 0 Å². The highest BCUT2D eigenvalue weighted by atomic mass is 16.5. The Bertz CT molecular complexity index is 834. The first-order valence-corrected chi connectivity index (χ1v) is 12.8. The fourth-order valence-electron chi connectivity index (χ4n) is 8.63. The summed E-state index contributed by atoms with van der Waals surface area (Å²) in [6.07, 6.45) is 5.99.